The summed E-state index contributed by atoms with van der Waals surface area (Å²) in [7, 11) is 0. The summed E-state index contributed by atoms with van der Waals surface area (Å²) in [6.07, 6.45) is -2.75. The van der Waals surface area contributed by atoms with Crippen LogP contribution in [0.4, 0.5) is 17.6 Å². The van der Waals surface area contributed by atoms with Crippen molar-refractivity contribution in [2.24, 2.45) is 5.14 Å². The summed E-state index contributed by atoms with van der Waals surface area (Å²) in [6.45, 7) is 0. The second kappa shape index (κ2) is 5.70. The summed E-state index contributed by atoms with van der Waals surface area (Å²) in [5.41, 5.74) is 0.0551. The van der Waals surface area contributed by atoms with Gasteiger partial charge in [0.05, 0.1) is 0 Å². The molecule has 0 unspecified atom stereocenters. The number of nitrogens with two attached hydrogens (primary N) is 1. The highest BCUT2D eigenvalue weighted by molar-refractivity contribution is 7.97. The molecule has 0 radical (unpaired) electrons. The number of ether oxygens (including phenoxy) is 1. The number of aliphatic hydroxyl groups excluding tert-OH is 1. The molecular weight excluding hydrogens is 334 g/mol. The van der Waals surface area contributed by atoms with Gasteiger partial charge in [-0.1, -0.05) is 0 Å². The van der Waals surface area contributed by atoms with Crippen LogP contribution in [0.1, 0.15) is 17.2 Å². The first kappa shape index (κ1) is 16.1. The molecule has 0 fully saturated rings. The van der Waals surface area contributed by atoms with E-state index in [0.29, 0.717) is 11.0 Å². The smallest absolute Gasteiger partial charge is 0.281 e. The van der Waals surface area contributed by atoms with Crippen molar-refractivity contribution >= 4 is 11.9 Å². The highest BCUT2D eigenvalue weighted by atomic mass is 32.2. The predicted octanol–water partition coefficient (Wildman–Crippen LogP) is 3.95. The van der Waals surface area contributed by atoms with Crippen molar-refractivity contribution in [3.63, 3.8) is 0 Å². The van der Waals surface area contributed by atoms with Crippen LogP contribution in [0.2, 0.25) is 0 Å². The molecule has 0 aromatic heterocycles. The van der Waals surface area contributed by atoms with E-state index in [1.807, 2.05) is 0 Å². The van der Waals surface area contributed by atoms with Crippen LogP contribution in [0.15, 0.2) is 35.2 Å². The summed E-state index contributed by atoms with van der Waals surface area (Å²) in [5, 5.41) is 15.2. The highest BCUT2D eigenvalue weighted by Gasteiger charge is 2.49. The molecule has 1 aliphatic carbocycles. The molecule has 2 aromatic rings. The number of aliphatic hydroxyl groups is 1. The fourth-order valence-corrected chi connectivity index (χ4v) is 3.07. The van der Waals surface area contributed by atoms with Crippen molar-refractivity contribution < 1.29 is 27.4 Å². The van der Waals surface area contributed by atoms with Gasteiger partial charge in [-0.05, 0) is 24.1 Å². The van der Waals surface area contributed by atoms with Crippen molar-refractivity contribution in [1.29, 1.82) is 0 Å². The van der Waals surface area contributed by atoms with Gasteiger partial charge < -0.3 is 9.84 Å². The van der Waals surface area contributed by atoms with Crippen LogP contribution in [0, 0.1) is 11.6 Å². The van der Waals surface area contributed by atoms with E-state index in [-0.39, 0.29) is 22.6 Å². The van der Waals surface area contributed by atoms with Crippen molar-refractivity contribution in [3.8, 4) is 11.5 Å². The lowest BCUT2D eigenvalue weighted by atomic mass is 10.1. The lowest BCUT2D eigenvalue weighted by Gasteiger charge is -2.15. The summed E-state index contributed by atoms with van der Waals surface area (Å²) in [5.74, 6) is -5.23. The van der Waals surface area contributed by atoms with Gasteiger partial charge in [-0.25, -0.2) is 17.6 Å². The van der Waals surface area contributed by atoms with Crippen LogP contribution in [-0.2, 0) is 6.42 Å². The van der Waals surface area contributed by atoms with Crippen molar-refractivity contribution in [2.45, 2.75) is 23.3 Å². The minimum Gasteiger partial charge on any atom is -0.457 e. The molecule has 0 bridgehead atoms. The fraction of sp³-hybridized carbons (Fsp3) is 0.200. The number of halogens is 4. The maximum absolute atomic E-state index is 13.8. The molecule has 3 rings (SSSR count). The third kappa shape index (κ3) is 2.89. The molecule has 1 aliphatic rings. The monoisotopic (exact) mass is 345 g/mol. The zero-order valence-electron chi connectivity index (χ0n) is 11.5. The molecule has 1 atom stereocenters. The third-order valence-corrected chi connectivity index (χ3v) is 4.16. The number of benzene rings is 2. The van der Waals surface area contributed by atoms with E-state index in [1.165, 1.54) is 12.1 Å². The lowest BCUT2D eigenvalue weighted by Crippen LogP contribution is -2.21. The topological polar surface area (TPSA) is 55.5 Å². The largest absolute Gasteiger partial charge is 0.457 e. The molecular formula is C15H11F4NO2S. The number of alkyl halides is 2. The Morgan fingerprint density at radius 1 is 1.17 bits per heavy atom. The second-order valence-electron chi connectivity index (χ2n) is 5.12. The molecule has 3 N–H and O–H groups in total. The fourth-order valence-electron chi connectivity index (χ4n) is 2.56. The predicted molar refractivity (Wildman–Crippen MR) is 76.5 cm³/mol. The van der Waals surface area contributed by atoms with Crippen LogP contribution in [0.3, 0.4) is 0 Å². The van der Waals surface area contributed by atoms with Crippen LogP contribution in [0.5, 0.6) is 11.5 Å². The zero-order valence-corrected chi connectivity index (χ0v) is 12.3. The number of rotatable bonds is 3. The van der Waals surface area contributed by atoms with Gasteiger partial charge in [0.2, 0.25) is 0 Å². The Labute approximate surface area is 133 Å². The number of fused-ring (bicyclic) bond motifs is 1. The Morgan fingerprint density at radius 3 is 2.43 bits per heavy atom. The molecule has 2 aromatic carbocycles. The van der Waals surface area contributed by atoms with Gasteiger partial charge in [-0.3, -0.25) is 5.14 Å². The molecule has 8 heteroatoms. The normalized spacial score (nSPS) is 18.8. The van der Waals surface area contributed by atoms with Gasteiger partial charge in [0.15, 0.2) is 0 Å². The van der Waals surface area contributed by atoms with Crippen molar-refractivity contribution in [3.05, 3.63) is 53.1 Å². The minimum atomic E-state index is -3.36. The average Bonchev–Trinajstić information content (AvgIpc) is 2.70. The van der Waals surface area contributed by atoms with Crippen LogP contribution in [-0.4, -0.2) is 11.0 Å². The van der Waals surface area contributed by atoms with E-state index in [0.717, 1.165) is 24.1 Å². The van der Waals surface area contributed by atoms with Gasteiger partial charge in [0, 0.05) is 40.6 Å². The third-order valence-electron chi connectivity index (χ3n) is 3.55. The van der Waals surface area contributed by atoms with Crippen LogP contribution >= 0.6 is 11.9 Å². The van der Waals surface area contributed by atoms with Gasteiger partial charge in [0.1, 0.15) is 29.2 Å². The molecule has 3 nitrogen and oxygen atoms in total. The maximum Gasteiger partial charge on any atom is 0.281 e. The van der Waals surface area contributed by atoms with Crippen molar-refractivity contribution in [1.82, 2.24) is 0 Å². The summed E-state index contributed by atoms with van der Waals surface area (Å²) in [6, 6.07) is 5.34. The molecule has 0 heterocycles. The standard InChI is InChI=1S/C15H11F4NO2S/c16-7-3-8(17)5-9(4-7)22-11-1-2-12(23-20)13-10(11)6-15(18,19)14(13)21/h1-5,14,21H,6,20H2/t14-/m0/s1. The van der Waals surface area contributed by atoms with E-state index in [9.17, 15) is 22.7 Å². The molecule has 0 aliphatic heterocycles. The molecule has 122 valence electrons. The average molecular weight is 345 g/mol. The first-order chi connectivity index (χ1) is 10.8. The second-order valence-corrected chi connectivity index (χ2v) is 5.80. The maximum atomic E-state index is 13.8. The molecule has 0 amide bonds. The number of hydrogen-bond acceptors (Lipinski definition) is 4. The Kier molecular flexibility index (Phi) is 3.99. The molecule has 0 spiro atoms. The SMILES string of the molecule is NSc1ccc(Oc2cc(F)cc(F)c2)c2c1[C@H](O)C(F)(F)C2. The summed E-state index contributed by atoms with van der Waals surface area (Å²) >= 11 is 0.730. The minimum absolute atomic E-state index is 0.000903. The van der Waals surface area contributed by atoms with Gasteiger partial charge >= 0.3 is 0 Å². The summed E-state index contributed by atoms with van der Waals surface area (Å²) < 4.78 is 59.4. The molecule has 23 heavy (non-hydrogen) atoms. The highest BCUT2D eigenvalue weighted by Crippen LogP contribution is 2.50. The Balaban J connectivity index is 2.05. The molecule has 0 saturated heterocycles. The Morgan fingerprint density at radius 2 is 1.83 bits per heavy atom. The van der Waals surface area contributed by atoms with E-state index in [1.54, 1.807) is 0 Å². The van der Waals surface area contributed by atoms with Crippen LogP contribution < -0.4 is 9.88 Å². The Hall–Kier alpha value is -1.77. The van der Waals surface area contributed by atoms with Gasteiger partial charge in [-0.15, -0.1) is 0 Å². The Bertz CT molecular complexity index is 749. The van der Waals surface area contributed by atoms with E-state index >= 15 is 0 Å². The quantitative estimate of drug-likeness (QED) is 0.653. The van der Waals surface area contributed by atoms with Gasteiger partial charge in [-0.2, -0.15) is 0 Å². The van der Waals surface area contributed by atoms with E-state index < -0.39 is 30.1 Å². The first-order valence-corrected chi connectivity index (χ1v) is 7.42. The van der Waals surface area contributed by atoms with E-state index in [4.69, 9.17) is 9.88 Å². The zero-order chi connectivity index (χ0) is 16.8. The van der Waals surface area contributed by atoms with E-state index in [2.05, 4.69) is 0 Å². The lowest BCUT2D eigenvalue weighted by molar-refractivity contribution is -0.0976. The number of hydrogen-bond donors (Lipinski definition) is 2. The molecule has 0 saturated carbocycles. The summed E-state index contributed by atoms with van der Waals surface area (Å²) in [4.78, 5) is 0.294. The van der Waals surface area contributed by atoms with Gasteiger partial charge in [0.25, 0.3) is 5.92 Å². The van der Waals surface area contributed by atoms with Crippen molar-refractivity contribution in [2.75, 3.05) is 0 Å². The first-order valence-electron chi connectivity index (χ1n) is 6.54. The van der Waals surface area contributed by atoms with Crippen LogP contribution in [0.25, 0.3) is 0 Å².